The Hall–Kier alpha value is -3.25. The molecule has 1 saturated carbocycles. The zero-order valence-corrected chi connectivity index (χ0v) is 16.9. The Balaban J connectivity index is 1.64. The van der Waals surface area contributed by atoms with Crippen molar-refractivity contribution in [3.05, 3.63) is 82.4 Å². The molecule has 0 saturated heterocycles. The van der Waals surface area contributed by atoms with Crippen LogP contribution in [0.3, 0.4) is 0 Å². The lowest BCUT2D eigenvalue weighted by Crippen LogP contribution is -2.14. The zero-order chi connectivity index (χ0) is 20.8. The number of halogens is 2. The van der Waals surface area contributed by atoms with E-state index >= 15 is 0 Å². The molecule has 150 valence electrons. The van der Waals surface area contributed by atoms with Crippen LogP contribution < -0.4 is 5.32 Å². The molecule has 0 unspecified atom stereocenters. The van der Waals surface area contributed by atoms with Gasteiger partial charge < -0.3 is 5.32 Å². The summed E-state index contributed by atoms with van der Waals surface area (Å²) in [5, 5.41) is 8.15. The predicted octanol–water partition coefficient (Wildman–Crippen LogP) is 5.65. The number of aromatic nitrogens is 3. The van der Waals surface area contributed by atoms with Crippen molar-refractivity contribution >= 4 is 34.2 Å². The quantitative estimate of drug-likeness (QED) is 0.464. The van der Waals surface area contributed by atoms with E-state index in [1.807, 2.05) is 43.3 Å². The van der Waals surface area contributed by atoms with E-state index in [-0.39, 0.29) is 10.9 Å². The van der Waals surface area contributed by atoms with Gasteiger partial charge in [0.1, 0.15) is 5.82 Å². The average molecular weight is 421 g/mol. The molecule has 1 fully saturated rings. The summed E-state index contributed by atoms with van der Waals surface area (Å²) >= 11 is 5.86. The van der Waals surface area contributed by atoms with E-state index in [0.29, 0.717) is 33.9 Å². The molecule has 2 aromatic carbocycles. The van der Waals surface area contributed by atoms with Crippen LogP contribution in [0.5, 0.6) is 0 Å². The fourth-order valence-electron chi connectivity index (χ4n) is 3.60. The van der Waals surface area contributed by atoms with E-state index in [4.69, 9.17) is 16.6 Å². The van der Waals surface area contributed by atoms with Gasteiger partial charge in [0.2, 0.25) is 0 Å². The molecular formula is C23H18ClFN4O. The summed E-state index contributed by atoms with van der Waals surface area (Å²) in [5.74, 6) is -0.472. The van der Waals surface area contributed by atoms with E-state index in [1.54, 1.807) is 4.68 Å². The van der Waals surface area contributed by atoms with Crippen molar-refractivity contribution in [2.75, 3.05) is 5.32 Å². The number of nitrogens with one attached hydrogen (secondary N) is 1. The highest BCUT2D eigenvalue weighted by atomic mass is 35.5. The Morgan fingerprint density at radius 3 is 2.63 bits per heavy atom. The van der Waals surface area contributed by atoms with Crippen molar-refractivity contribution in [2.45, 2.75) is 25.7 Å². The molecule has 0 bridgehead atoms. The van der Waals surface area contributed by atoms with Crippen molar-refractivity contribution in [1.82, 2.24) is 14.8 Å². The summed E-state index contributed by atoms with van der Waals surface area (Å²) < 4.78 is 15.2. The summed E-state index contributed by atoms with van der Waals surface area (Å²) in [5.41, 5.74) is 4.07. The maximum atomic E-state index is 13.5. The van der Waals surface area contributed by atoms with Crippen LogP contribution in [-0.2, 0) is 0 Å². The number of fused-ring (bicyclic) bond motifs is 1. The molecule has 2 aromatic heterocycles. The second-order valence-electron chi connectivity index (χ2n) is 7.48. The van der Waals surface area contributed by atoms with Crippen LogP contribution in [0.1, 0.15) is 40.5 Å². The first-order valence-electron chi connectivity index (χ1n) is 9.73. The Labute approximate surface area is 177 Å². The number of anilines is 1. The van der Waals surface area contributed by atoms with Gasteiger partial charge in [0, 0.05) is 17.3 Å². The smallest absolute Gasteiger partial charge is 0.256 e. The van der Waals surface area contributed by atoms with Crippen molar-refractivity contribution < 1.29 is 9.18 Å². The van der Waals surface area contributed by atoms with Crippen LogP contribution in [0.15, 0.2) is 54.6 Å². The summed E-state index contributed by atoms with van der Waals surface area (Å²) in [4.78, 5) is 18.1. The van der Waals surface area contributed by atoms with E-state index < -0.39 is 5.82 Å². The Kier molecular flexibility index (Phi) is 4.51. The second-order valence-corrected chi connectivity index (χ2v) is 7.89. The molecule has 0 aliphatic heterocycles. The van der Waals surface area contributed by atoms with E-state index in [1.165, 1.54) is 18.2 Å². The number of para-hydroxylation sites is 1. The molecule has 0 spiro atoms. The first-order valence-corrected chi connectivity index (χ1v) is 10.1. The minimum absolute atomic E-state index is 0.0422. The maximum Gasteiger partial charge on any atom is 0.256 e. The van der Waals surface area contributed by atoms with Crippen LogP contribution in [0.25, 0.3) is 16.7 Å². The Morgan fingerprint density at radius 2 is 1.93 bits per heavy atom. The van der Waals surface area contributed by atoms with Crippen LogP contribution in [0, 0.1) is 12.7 Å². The third kappa shape index (κ3) is 3.33. The second kappa shape index (κ2) is 7.22. The third-order valence-corrected chi connectivity index (χ3v) is 5.54. The van der Waals surface area contributed by atoms with Crippen molar-refractivity contribution in [1.29, 1.82) is 0 Å². The summed E-state index contributed by atoms with van der Waals surface area (Å²) in [7, 11) is 0. The number of benzene rings is 2. The van der Waals surface area contributed by atoms with E-state index in [9.17, 15) is 9.18 Å². The van der Waals surface area contributed by atoms with Crippen molar-refractivity contribution in [3.63, 3.8) is 0 Å². The van der Waals surface area contributed by atoms with Gasteiger partial charge in [-0.25, -0.2) is 14.1 Å². The van der Waals surface area contributed by atoms with Crippen LogP contribution in [0.4, 0.5) is 10.1 Å². The van der Waals surface area contributed by atoms with Gasteiger partial charge in [-0.3, -0.25) is 4.79 Å². The maximum absolute atomic E-state index is 13.5. The van der Waals surface area contributed by atoms with E-state index in [2.05, 4.69) is 10.4 Å². The normalized spacial score (nSPS) is 13.6. The minimum atomic E-state index is -0.531. The molecule has 0 atom stereocenters. The first kappa shape index (κ1) is 18.8. The van der Waals surface area contributed by atoms with Crippen molar-refractivity contribution in [2.24, 2.45) is 0 Å². The highest BCUT2D eigenvalue weighted by Gasteiger charge is 2.29. The molecule has 0 radical (unpaired) electrons. The molecule has 7 heteroatoms. The predicted molar refractivity (Wildman–Crippen MR) is 115 cm³/mol. The van der Waals surface area contributed by atoms with Gasteiger partial charge in [-0.1, -0.05) is 29.8 Å². The van der Waals surface area contributed by atoms with Gasteiger partial charge >= 0.3 is 0 Å². The van der Waals surface area contributed by atoms with Crippen LogP contribution >= 0.6 is 11.6 Å². The van der Waals surface area contributed by atoms with Crippen LogP contribution in [0.2, 0.25) is 5.02 Å². The van der Waals surface area contributed by atoms with Gasteiger partial charge in [-0.05, 0) is 56.2 Å². The molecule has 2 heterocycles. The lowest BCUT2D eigenvalue weighted by atomic mass is 10.1. The molecule has 1 amide bonds. The molecule has 1 aliphatic rings. The first-order chi connectivity index (χ1) is 14.5. The van der Waals surface area contributed by atoms with Gasteiger partial charge in [0.25, 0.3) is 5.91 Å². The topological polar surface area (TPSA) is 59.8 Å². The lowest BCUT2D eigenvalue weighted by Gasteiger charge is -2.10. The fraction of sp³-hybridized carbons (Fsp3) is 0.174. The number of carbonyl (C=O) groups is 1. The minimum Gasteiger partial charge on any atom is -0.322 e. The highest BCUT2D eigenvalue weighted by molar-refractivity contribution is 6.31. The van der Waals surface area contributed by atoms with Crippen molar-refractivity contribution in [3.8, 4) is 5.69 Å². The molecule has 1 aliphatic carbocycles. The van der Waals surface area contributed by atoms with Crippen LogP contribution in [-0.4, -0.2) is 20.7 Å². The van der Waals surface area contributed by atoms with Gasteiger partial charge in [-0.15, -0.1) is 0 Å². The molecule has 30 heavy (non-hydrogen) atoms. The SMILES string of the molecule is Cc1nn(-c2ccccc2)c2nc(C3CC3)cc(C(=O)Nc3ccc(F)c(Cl)c3)c12. The van der Waals surface area contributed by atoms with Gasteiger partial charge in [0.15, 0.2) is 5.65 Å². The lowest BCUT2D eigenvalue weighted by molar-refractivity contribution is 0.102. The standard InChI is InChI=1S/C23H18ClFN4O/c1-13-21-17(23(30)26-15-9-10-19(25)18(24)11-15)12-20(14-7-8-14)27-22(21)29(28-13)16-5-3-2-4-6-16/h2-6,9-12,14H,7-8H2,1H3,(H,26,30). The Bertz CT molecular complexity index is 1280. The number of pyridine rings is 1. The number of aryl methyl sites for hydroxylation is 1. The zero-order valence-electron chi connectivity index (χ0n) is 16.2. The molecular weight excluding hydrogens is 403 g/mol. The largest absolute Gasteiger partial charge is 0.322 e. The molecule has 5 nitrogen and oxygen atoms in total. The van der Waals surface area contributed by atoms with Gasteiger partial charge in [-0.2, -0.15) is 5.10 Å². The summed E-state index contributed by atoms with van der Waals surface area (Å²) in [6.45, 7) is 1.87. The number of amides is 1. The molecule has 4 aromatic rings. The number of carbonyl (C=O) groups excluding carboxylic acids is 1. The summed E-state index contributed by atoms with van der Waals surface area (Å²) in [6.07, 6.45) is 2.12. The monoisotopic (exact) mass is 420 g/mol. The van der Waals surface area contributed by atoms with E-state index in [0.717, 1.165) is 24.2 Å². The fourth-order valence-corrected chi connectivity index (χ4v) is 3.78. The average Bonchev–Trinajstić information content (AvgIpc) is 3.55. The molecule has 5 rings (SSSR count). The third-order valence-electron chi connectivity index (χ3n) is 5.25. The number of rotatable bonds is 4. The molecule has 1 N–H and O–H groups in total. The summed E-state index contributed by atoms with van der Waals surface area (Å²) in [6, 6.07) is 15.7. The number of hydrogen-bond donors (Lipinski definition) is 1. The highest BCUT2D eigenvalue weighted by Crippen LogP contribution is 2.41. The Morgan fingerprint density at radius 1 is 1.17 bits per heavy atom. The van der Waals surface area contributed by atoms with Gasteiger partial charge in [0.05, 0.1) is 27.4 Å². The number of hydrogen-bond acceptors (Lipinski definition) is 3. The number of nitrogens with zero attached hydrogens (tertiary/aromatic N) is 3.